The summed E-state index contributed by atoms with van der Waals surface area (Å²) in [7, 11) is 1.65. The lowest BCUT2D eigenvalue weighted by Crippen LogP contribution is -2.33. The van der Waals surface area contributed by atoms with E-state index in [1.54, 1.807) is 13.2 Å². The van der Waals surface area contributed by atoms with Gasteiger partial charge in [0.15, 0.2) is 5.96 Å². The Kier molecular flexibility index (Phi) is 3.75. The van der Waals surface area contributed by atoms with Crippen molar-refractivity contribution in [3.63, 3.8) is 0 Å². The van der Waals surface area contributed by atoms with Crippen LogP contribution in [0.3, 0.4) is 0 Å². The Morgan fingerprint density at radius 1 is 1.85 bits per heavy atom. The topological polar surface area (TPSA) is 68.2 Å². The minimum atomic E-state index is 0.450. The first-order chi connectivity index (χ1) is 6.22. The average molecular weight is 246 g/mol. The van der Waals surface area contributed by atoms with Gasteiger partial charge in [0.25, 0.3) is 0 Å². The maximum Gasteiger partial charge on any atom is 0.188 e. The van der Waals surface area contributed by atoms with Crippen molar-refractivity contribution in [1.29, 1.82) is 0 Å². The highest BCUT2D eigenvalue weighted by molar-refractivity contribution is 9.10. The number of guanidine groups is 1. The molecule has 0 aliphatic rings. The summed E-state index contributed by atoms with van der Waals surface area (Å²) < 4.78 is 2.80. The normalized spacial score (nSPS) is 11.7. The predicted octanol–water partition coefficient (Wildman–Crippen LogP) is 0.180. The Morgan fingerprint density at radius 2 is 2.62 bits per heavy atom. The zero-order valence-corrected chi connectivity index (χ0v) is 8.95. The second-order valence-electron chi connectivity index (χ2n) is 2.46. The molecule has 5 nitrogen and oxygen atoms in total. The first-order valence-corrected chi connectivity index (χ1v) is 4.66. The van der Waals surface area contributed by atoms with Crippen LogP contribution in [0.25, 0.3) is 0 Å². The number of rotatable bonds is 3. The summed E-state index contributed by atoms with van der Waals surface area (Å²) in [6, 6.07) is 0. The van der Waals surface area contributed by atoms with Gasteiger partial charge in [0, 0.05) is 19.8 Å². The Morgan fingerprint density at radius 3 is 3.15 bits per heavy atom. The summed E-state index contributed by atoms with van der Waals surface area (Å²) in [5.41, 5.74) is 5.44. The highest BCUT2D eigenvalue weighted by atomic mass is 79.9. The van der Waals surface area contributed by atoms with Crippen molar-refractivity contribution in [2.75, 3.05) is 13.6 Å². The van der Waals surface area contributed by atoms with Gasteiger partial charge in [0.1, 0.15) is 0 Å². The number of halogens is 1. The van der Waals surface area contributed by atoms with E-state index in [0.717, 1.165) is 17.6 Å². The first-order valence-electron chi connectivity index (χ1n) is 3.86. The molecule has 0 bridgehead atoms. The molecule has 0 amide bonds. The zero-order chi connectivity index (χ0) is 9.68. The van der Waals surface area contributed by atoms with Gasteiger partial charge >= 0.3 is 0 Å². The van der Waals surface area contributed by atoms with Gasteiger partial charge in [-0.3, -0.25) is 9.67 Å². The fourth-order valence-corrected chi connectivity index (χ4v) is 1.17. The molecular weight excluding hydrogens is 234 g/mol. The molecular formula is C7H12BrN5. The second kappa shape index (κ2) is 4.86. The van der Waals surface area contributed by atoms with Crippen LogP contribution < -0.4 is 11.1 Å². The lowest BCUT2D eigenvalue weighted by Gasteiger charge is -2.03. The quantitative estimate of drug-likeness (QED) is 0.590. The number of aromatic nitrogens is 2. The van der Waals surface area contributed by atoms with E-state index in [0.29, 0.717) is 5.96 Å². The van der Waals surface area contributed by atoms with Gasteiger partial charge in [0.2, 0.25) is 0 Å². The lowest BCUT2D eigenvalue weighted by atomic mass is 10.6. The molecule has 0 saturated carbocycles. The Hall–Kier alpha value is -1.04. The van der Waals surface area contributed by atoms with E-state index >= 15 is 0 Å². The van der Waals surface area contributed by atoms with Crippen molar-refractivity contribution >= 4 is 21.9 Å². The van der Waals surface area contributed by atoms with Crippen LogP contribution in [-0.2, 0) is 6.54 Å². The molecule has 0 spiro atoms. The van der Waals surface area contributed by atoms with Gasteiger partial charge in [-0.2, -0.15) is 5.10 Å². The van der Waals surface area contributed by atoms with E-state index < -0.39 is 0 Å². The fraction of sp³-hybridized carbons (Fsp3) is 0.429. The smallest absolute Gasteiger partial charge is 0.188 e. The molecule has 0 unspecified atom stereocenters. The maximum absolute atomic E-state index is 5.44. The molecule has 0 aliphatic heterocycles. The molecule has 6 heteroatoms. The predicted molar refractivity (Wildman–Crippen MR) is 55.5 cm³/mol. The van der Waals surface area contributed by atoms with Crippen LogP contribution >= 0.6 is 15.9 Å². The summed E-state index contributed by atoms with van der Waals surface area (Å²) in [5, 5.41) is 7.03. The van der Waals surface area contributed by atoms with Crippen LogP contribution in [0.4, 0.5) is 0 Å². The van der Waals surface area contributed by atoms with E-state index in [9.17, 15) is 0 Å². The van der Waals surface area contributed by atoms with E-state index in [-0.39, 0.29) is 0 Å². The number of nitrogens with zero attached hydrogens (tertiary/aromatic N) is 3. The molecule has 0 saturated heterocycles. The van der Waals surface area contributed by atoms with Crippen molar-refractivity contribution < 1.29 is 0 Å². The standard InChI is InChI=1S/C7H12BrN5/c1-10-7(9)11-2-3-13-5-6(8)4-12-13/h4-5H,2-3H2,1H3,(H3,9,10,11). The van der Waals surface area contributed by atoms with Gasteiger partial charge in [-0.25, -0.2) is 0 Å². The molecule has 0 aromatic carbocycles. The van der Waals surface area contributed by atoms with Crippen LogP contribution in [0.2, 0.25) is 0 Å². The molecule has 1 rings (SSSR count). The molecule has 1 heterocycles. The number of aliphatic imine (C=N–C) groups is 1. The van der Waals surface area contributed by atoms with E-state index in [4.69, 9.17) is 5.73 Å². The molecule has 0 fully saturated rings. The highest BCUT2D eigenvalue weighted by Crippen LogP contribution is 2.05. The van der Waals surface area contributed by atoms with Crippen molar-refractivity contribution in [2.24, 2.45) is 10.7 Å². The maximum atomic E-state index is 5.44. The second-order valence-corrected chi connectivity index (χ2v) is 3.37. The molecule has 72 valence electrons. The van der Waals surface area contributed by atoms with Crippen molar-refractivity contribution in [3.8, 4) is 0 Å². The fourth-order valence-electron chi connectivity index (χ4n) is 0.838. The van der Waals surface area contributed by atoms with Gasteiger partial charge in [-0.05, 0) is 15.9 Å². The third-order valence-electron chi connectivity index (χ3n) is 1.49. The number of nitrogens with two attached hydrogens (primary N) is 1. The van der Waals surface area contributed by atoms with Crippen LogP contribution in [0.1, 0.15) is 0 Å². The molecule has 0 atom stereocenters. The largest absolute Gasteiger partial charge is 0.370 e. The van der Waals surface area contributed by atoms with Crippen LogP contribution in [-0.4, -0.2) is 29.3 Å². The molecule has 0 aliphatic carbocycles. The highest BCUT2D eigenvalue weighted by Gasteiger charge is 1.94. The van der Waals surface area contributed by atoms with Gasteiger partial charge in [-0.1, -0.05) is 0 Å². The van der Waals surface area contributed by atoms with Crippen LogP contribution in [0.5, 0.6) is 0 Å². The Labute approximate surface area is 85.2 Å². The summed E-state index contributed by atoms with van der Waals surface area (Å²) >= 11 is 3.31. The molecule has 1 aromatic rings. The molecule has 1 aromatic heterocycles. The minimum absolute atomic E-state index is 0.450. The molecule has 3 N–H and O–H groups in total. The molecule has 0 radical (unpaired) electrons. The molecule has 13 heavy (non-hydrogen) atoms. The lowest BCUT2D eigenvalue weighted by molar-refractivity contribution is 0.602. The first kappa shape index (κ1) is 10.0. The zero-order valence-electron chi connectivity index (χ0n) is 7.37. The number of nitrogens with one attached hydrogen (secondary N) is 1. The summed E-state index contributed by atoms with van der Waals surface area (Å²) in [5.74, 6) is 0.450. The number of hydrogen-bond donors (Lipinski definition) is 2. The Balaban J connectivity index is 2.28. The van der Waals surface area contributed by atoms with E-state index in [1.807, 2.05) is 10.9 Å². The third-order valence-corrected chi connectivity index (χ3v) is 1.90. The van der Waals surface area contributed by atoms with E-state index in [2.05, 4.69) is 31.3 Å². The van der Waals surface area contributed by atoms with E-state index in [1.165, 1.54) is 0 Å². The summed E-state index contributed by atoms with van der Waals surface area (Å²) in [6.07, 6.45) is 3.65. The van der Waals surface area contributed by atoms with Crippen LogP contribution in [0.15, 0.2) is 21.9 Å². The van der Waals surface area contributed by atoms with Crippen molar-refractivity contribution in [1.82, 2.24) is 15.1 Å². The Bertz CT molecular complexity index is 293. The number of hydrogen-bond acceptors (Lipinski definition) is 2. The van der Waals surface area contributed by atoms with Gasteiger partial charge in [0.05, 0.1) is 17.2 Å². The average Bonchev–Trinajstić information content (AvgIpc) is 2.51. The van der Waals surface area contributed by atoms with Crippen molar-refractivity contribution in [3.05, 3.63) is 16.9 Å². The summed E-state index contributed by atoms with van der Waals surface area (Å²) in [6.45, 7) is 1.49. The summed E-state index contributed by atoms with van der Waals surface area (Å²) in [4.78, 5) is 3.77. The van der Waals surface area contributed by atoms with Gasteiger partial charge in [-0.15, -0.1) is 0 Å². The van der Waals surface area contributed by atoms with Crippen LogP contribution in [0, 0.1) is 0 Å². The van der Waals surface area contributed by atoms with Gasteiger partial charge < -0.3 is 11.1 Å². The minimum Gasteiger partial charge on any atom is -0.370 e. The monoisotopic (exact) mass is 245 g/mol. The third kappa shape index (κ3) is 3.45. The van der Waals surface area contributed by atoms with Crippen molar-refractivity contribution in [2.45, 2.75) is 6.54 Å². The SMILES string of the molecule is CN=C(N)NCCn1cc(Br)cn1.